The first-order valence-corrected chi connectivity index (χ1v) is 7.16. The molecule has 2 N–H and O–H groups in total. The molecule has 7 nitrogen and oxygen atoms in total. The highest BCUT2D eigenvalue weighted by molar-refractivity contribution is 5.93. The van der Waals surface area contributed by atoms with Crippen LogP contribution in [0, 0.1) is 0 Å². The van der Waals surface area contributed by atoms with E-state index in [9.17, 15) is 4.79 Å². The lowest BCUT2D eigenvalue weighted by Crippen LogP contribution is -2.27. The number of nitrogens with zero attached hydrogens (tertiary/aromatic N) is 3. The monoisotopic (exact) mass is 303 g/mol. The standard InChI is InChI=1S/C15H21N5O2/c1-20(2)7-4-6-16-14(21)12-9-17-15(18-10-12)19-11-13-5-3-8-22-13/h3,5,8-10H,4,6-7,11H2,1-2H3,(H,16,21)(H,17,18,19). The number of hydrogen-bond acceptors (Lipinski definition) is 6. The summed E-state index contributed by atoms with van der Waals surface area (Å²) in [5.41, 5.74) is 0.452. The molecule has 0 radical (unpaired) electrons. The molecule has 1 amide bonds. The number of aromatic nitrogens is 2. The lowest BCUT2D eigenvalue weighted by atomic mass is 10.3. The molecule has 0 aliphatic heterocycles. The highest BCUT2D eigenvalue weighted by Crippen LogP contribution is 2.05. The van der Waals surface area contributed by atoms with E-state index in [1.54, 1.807) is 6.26 Å². The van der Waals surface area contributed by atoms with E-state index in [1.807, 2.05) is 26.2 Å². The van der Waals surface area contributed by atoms with Gasteiger partial charge in [-0.05, 0) is 39.2 Å². The fraction of sp³-hybridized carbons (Fsp3) is 0.400. The van der Waals surface area contributed by atoms with Crippen molar-refractivity contribution in [2.45, 2.75) is 13.0 Å². The molecule has 0 saturated heterocycles. The number of rotatable bonds is 8. The lowest BCUT2D eigenvalue weighted by molar-refractivity contribution is 0.0951. The Morgan fingerprint density at radius 3 is 2.73 bits per heavy atom. The summed E-state index contributed by atoms with van der Waals surface area (Å²) in [6, 6.07) is 3.68. The van der Waals surface area contributed by atoms with Gasteiger partial charge >= 0.3 is 0 Å². The van der Waals surface area contributed by atoms with Crippen LogP contribution in [0.3, 0.4) is 0 Å². The molecular weight excluding hydrogens is 282 g/mol. The van der Waals surface area contributed by atoms with Gasteiger partial charge in [-0.25, -0.2) is 9.97 Å². The van der Waals surface area contributed by atoms with Crippen molar-refractivity contribution in [1.82, 2.24) is 20.2 Å². The molecule has 2 aromatic heterocycles. The molecule has 22 heavy (non-hydrogen) atoms. The Morgan fingerprint density at radius 1 is 1.32 bits per heavy atom. The second kappa shape index (κ2) is 8.14. The molecule has 118 valence electrons. The molecule has 0 aromatic carbocycles. The quantitative estimate of drug-likeness (QED) is 0.717. The summed E-state index contributed by atoms with van der Waals surface area (Å²) in [4.78, 5) is 22.2. The Kier molecular flexibility index (Phi) is 5.91. The molecule has 2 rings (SSSR count). The van der Waals surface area contributed by atoms with Gasteiger partial charge in [0, 0.05) is 18.9 Å². The minimum Gasteiger partial charge on any atom is -0.467 e. The van der Waals surface area contributed by atoms with Gasteiger partial charge in [0.1, 0.15) is 5.76 Å². The Hall–Kier alpha value is -2.41. The highest BCUT2D eigenvalue weighted by atomic mass is 16.3. The van der Waals surface area contributed by atoms with Crippen LogP contribution in [-0.2, 0) is 6.54 Å². The van der Waals surface area contributed by atoms with Crippen molar-refractivity contribution in [3.05, 3.63) is 42.1 Å². The van der Waals surface area contributed by atoms with E-state index in [4.69, 9.17) is 4.42 Å². The summed E-state index contributed by atoms with van der Waals surface area (Å²) in [5.74, 6) is 1.10. The second-order valence-electron chi connectivity index (χ2n) is 5.14. The predicted molar refractivity (Wildman–Crippen MR) is 83.6 cm³/mol. The molecule has 0 unspecified atom stereocenters. The van der Waals surface area contributed by atoms with E-state index in [0.29, 0.717) is 24.6 Å². The summed E-state index contributed by atoms with van der Waals surface area (Å²) in [6.45, 7) is 2.07. The zero-order chi connectivity index (χ0) is 15.8. The fourth-order valence-corrected chi connectivity index (χ4v) is 1.82. The first-order valence-electron chi connectivity index (χ1n) is 7.16. The van der Waals surface area contributed by atoms with Crippen LogP contribution in [0.4, 0.5) is 5.95 Å². The minimum atomic E-state index is -0.156. The van der Waals surface area contributed by atoms with E-state index in [0.717, 1.165) is 18.7 Å². The second-order valence-corrected chi connectivity index (χ2v) is 5.14. The van der Waals surface area contributed by atoms with Gasteiger partial charge in [0.15, 0.2) is 0 Å². The van der Waals surface area contributed by atoms with E-state index in [1.165, 1.54) is 12.4 Å². The first kappa shape index (κ1) is 16.0. The number of furan rings is 1. The Morgan fingerprint density at radius 2 is 2.09 bits per heavy atom. The molecule has 2 heterocycles. The maximum absolute atomic E-state index is 11.9. The maximum Gasteiger partial charge on any atom is 0.254 e. The summed E-state index contributed by atoms with van der Waals surface area (Å²) in [5, 5.41) is 5.87. The van der Waals surface area contributed by atoms with E-state index in [-0.39, 0.29) is 5.91 Å². The third kappa shape index (κ3) is 5.17. The normalized spacial score (nSPS) is 10.7. The van der Waals surface area contributed by atoms with Crippen LogP contribution in [0.1, 0.15) is 22.5 Å². The van der Waals surface area contributed by atoms with Gasteiger partial charge in [-0.3, -0.25) is 4.79 Å². The average molecular weight is 303 g/mol. The predicted octanol–water partition coefficient (Wildman–Crippen LogP) is 1.36. The number of nitrogens with one attached hydrogen (secondary N) is 2. The van der Waals surface area contributed by atoms with Crippen molar-refractivity contribution >= 4 is 11.9 Å². The van der Waals surface area contributed by atoms with E-state index in [2.05, 4.69) is 25.5 Å². The van der Waals surface area contributed by atoms with Crippen molar-refractivity contribution in [3.8, 4) is 0 Å². The zero-order valence-electron chi connectivity index (χ0n) is 12.9. The van der Waals surface area contributed by atoms with Crippen LogP contribution < -0.4 is 10.6 Å². The fourth-order valence-electron chi connectivity index (χ4n) is 1.82. The molecule has 0 aliphatic carbocycles. The third-order valence-electron chi connectivity index (χ3n) is 2.98. The third-order valence-corrected chi connectivity index (χ3v) is 2.98. The van der Waals surface area contributed by atoms with Gasteiger partial charge < -0.3 is 20.0 Å². The molecule has 0 fully saturated rings. The van der Waals surface area contributed by atoms with Crippen molar-refractivity contribution in [2.24, 2.45) is 0 Å². The molecule has 7 heteroatoms. The highest BCUT2D eigenvalue weighted by Gasteiger charge is 2.06. The molecule has 0 aliphatic rings. The smallest absolute Gasteiger partial charge is 0.254 e. The van der Waals surface area contributed by atoms with Gasteiger partial charge in [0.2, 0.25) is 5.95 Å². The largest absolute Gasteiger partial charge is 0.467 e. The number of carbonyl (C=O) groups is 1. The summed E-state index contributed by atoms with van der Waals surface area (Å²) in [7, 11) is 4.01. The number of anilines is 1. The SMILES string of the molecule is CN(C)CCCNC(=O)c1cnc(NCc2ccco2)nc1. The summed E-state index contributed by atoms with van der Waals surface area (Å²) >= 11 is 0. The van der Waals surface area contributed by atoms with Gasteiger partial charge in [-0.15, -0.1) is 0 Å². The molecular formula is C15H21N5O2. The van der Waals surface area contributed by atoms with Crippen LogP contribution in [0.25, 0.3) is 0 Å². The van der Waals surface area contributed by atoms with Gasteiger partial charge in [-0.1, -0.05) is 0 Å². The Labute approximate surface area is 129 Å². The summed E-state index contributed by atoms with van der Waals surface area (Å²) < 4.78 is 5.20. The van der Waals surface area contributed by atoms with Crippen molar-refractivity contribution in [2.75, 3.05) is 32.5 Å². The van der Waals surface area contributed by atoms with Crippen molar-refractivity contribution in [1.29, 1.82) is 0 Å². The molecule has 0 bridgehead atoms. The molecule has 0 atom stereocenters. The zero-order valence-corrected chi connectivity index (χ0v) is 12.9. The van der Waals surface area contributed by atoms with Crippen LogP contribution >= 0.6 is 0 Å². The topological polar surface area (TPSA) is 83.3 Å². The first-order chi connectivity index (χ1) is 10.6. The average Bonchev–Trinajstić information content (AvgIpc) is 3.03. The van der Waals surface area contributed by atoms with Gasteiger partial charge in [0.05, 0.1) is 18.4 Å². The number of amides is 1. The molecule has 0 saturated carbocycles. The Bertz CT molecular complexity index is 566. The lowest BCUT2D eigenvalue weighted by Gasteiger charge is -2.09. The van der Waals surface area contributed by atoms with E-state index >= 15 is 0 Å². The van der Waals surface area contributed by atoms with Crippen molar-refractivity contribution < 1.29 is 9.21 Å². The van der Waals surface area contributed by atoms with Crippen LogP contribution in [0.2, 0.25) is 0 Å². The van der Waals surface area contributed by atoms with Crippen LogP contribution in [0.5, 0.6) is 0 Å². The minimum absolute atomic E-state index is 0.156. The number of carbonyl (C=O) groups excluding carboxylic acids is 1. The Balaban J connectivity index is 1.76. The van der Waals surface area contributed by atoms with Gasteiger partial charge in [0.25, 0.3) is 5.91 Å². The maximum atomic E-state index is 11.9. The summed E-state index contributed by atoms with van der Waals surface area (Å²) in [6.07, 6.45) is 5.54. The van der Waals surface area contributed by atoms with Crippen LogP contribution in [-0.4, -0.2) is 48.0 Å². The number of hydrogen-bond donors (Lipinski definition) is 2. The van der Waals surface area contributed by atoms with Crippen molar-refractivity contribution in [3.63, 3.8) is 0 Å². The van der Waals surface area contributed by atoms with Gasteiger partial charge in [-0.2, -0.15) is 0 Å². The molecule has 2 aromatic rings. The molecule has 0 spiro atoms. The van der Waals surface area contributed by atoms with Crippen LogP contribution in [0.15, 0.2) is 35.2 Å². The van der Waals surface area contributed by atoms with E-state index < -0.39 is 0 Å².